The van der Waals surface area contributed by atoms with Crippen molar-refractivity contribution in [3.63, 3.8) is 0 Å². The first-order valence-electron chi connectivity index (χ1n) is 8.70. The third kappa shape index (κ3) is 3.75. The van der Waals surface area contributed by atoms with Crippen LogP contribution in [0.2, 0.25) is 5.02 Å². The van der Waals surface area contributed by atoms with Crippen molar-refractivity contribution in [1.29, 1.82) is 0 Å². The lowest BCUT2D eigenvalue weighted by molar-refractivity contribution is -0.130. The van der Waals surface area contributed by atoms with Gasteiger partial charge in [0.15, 0.2) is 0 Å². The molecule has 0 aromatic heterocycles. The van der Waals surface area contributed by atoms with E-state index in [0.717, 1.165) is 18.4 Å². The first-order valence-corrected chi connectivity index (χ1v) is 9.08. The molecule has 1 aromatic rings. The van der Waals surface area contributed by atoms with Gasteiger partial charge in [0.2, 0.25) is 11.8 Å². The highest BCUT2D eigenvalue weighted by molar-refractivity contribution is 6.30. The number of rotatable bonds is 6. The molecule has 1 heterocycles. The van der Waals surface area contributed by atoms with E-state index in [2.05, 4.69) is 19.2 Å². The number of halogens is 1. The zero-order chi connectivity index (χ0) is 17.9. The third-order valence-electron chi connectivity index (χ3n) is 5.12. The van der Waals surface area contributed by atoms with Gasteiger partial charge in [0, 0.05) is 24.0 Å². The van der Waals surface area contributed by atoms with Gasteiger partial charge in [-0.05, 0) is 44.4 Å². The maximum Gasteiger partial charge on any atom is 0.226 e. The summed E-state index contributed by atoms with van der Waals surface area (Å²) >= 11 is 5.99. The minimum Gasteiger partial charge on any atom is -0.346 e. The molecule has 0 radical (unpaired) electrons. The van der Waals surface area contributed by atoms with Crippen LogP contribution < -0.4 is 5.32 Å². The van der Waals surface area contributed by atoms with Crippen molar-refractivity contribution >= 4 is 23.4 Å². The van der Waals surface area contributed by atoms with E-state index in [0.29, 0.717) is 18.0 Å². The van der Waals surface area contributed by atoms with Gasteiger partial charge in [0.25, 0.3) is 0 Å². The molecule has 1 aliphatic heterocycles. The minimum atomic E-state index is -0.421. The lowest BCUT2D eigenvalue weighted by Crippen LogP contribution is -2.48. The van der Waals surface area contributed by atoms with Crippen molar-refractivity contribution < 1.29 is 9.59 Å². The van der Waals surface area contributed by atoms with Gasteiger partial charge in [0.05, 0.1) is 11.5 Å². The molecule has 0 aliphatic carbocycles. The molecule has 4 nitrogen and oxygen atoms in total. The number of hydrogen-bond donors (Lipinski definition) is 1. The average molecular weight is 351 g/mol. The first kappa shape index (κ1) is 18.8. The molecule has 1 atom stereocenters. The summed E-state index contributed by atoms with van der Waals surface area (Å²) in [5.41, 5.74) is 0.631. The maximum absolute atomic E-state index is 12.8. The Balaban J connectivity index is 2.17. The minimum absolute atomic E-state index is 0.0369. The number of nitrogens with zero attached hydrogens (tertiary/aromatic N) is 1. The van der Waals surface area contributed by atoms with Gasteiger partial charge in [-0.1, -0.05) is 37.6 Å². The van der Waals surface area contributed by atoms with E-state index in [4.69, 9.17) is 11.6 Å². The maximum atomic E-state index is 12.8. The Hall–Kier alpha value is -1.55. The van der Waals surface area contributed by atoms with E-state index in [1.807, 2.05) is 38.1 Å². The molecule has 1 aliphatic rings. The number of benzene rings is 1. The Kier molecular flexibility index (Phi) is 5.92. The molecule has 5 heteroatoms. The lowest BCUT2D eigenvalue weighted by Gasteiger charge is -2.34. The molecule has 24 heavy (non-hydrogen) atoms. The number of carbonyl (C=O) groups is 2. The number of nitrogens with one attached hydrogen (secondary N) is 1. The van der Waals surface area contributed by atoms with Crippen LogP contribution in [-0.2, 0) is 15.1 Å². The van der Waals surface area contributed by atoms with Crippen molar-refractivity contribution in [3.8, 4) is 0 Å². The summed E-state index contributed by atoms with van der Waals surface area (Å²) < 4.78 is 0. The van der Waals surface area contributed by atoms with Gasteiger partial charge >= 0.3 is 0 Å². The fraction of sp³-hybridized carbons (Fsp3) is 0.579. The average Bonchev–Trinajstić information content (AvgIpc) is 2.96. The third-order valence-corrected chi connectivity index (χ3v) is 5.37. The van der Waals surface area contributed by atoms with Crippen LogP contribution in [0.4, 0.5) is 0 Å². The van der Waals surface area contributed by atoms with Crippen molar-refractivity contribution in [3.05, 3.63) is 34.9 Å². The normalized spacial score (nSPS) is 18.3. The molecule has 0 bridgehead atoms. The number of carbonyl (C=O) groups excluding carboxylic acids is 2. The summed E-state index contributed by atoms with van der Waals surface area (Å²) in [5, 5.41) is 3.91. The van der Waals surface area contributed by atoms with Crippen molar-refractivity contribution in [2.24, 2.45) is 5.92 Å². The Morgan fingerprint density at radius 2 is 1.88 bits per heavy atom. The van der Waals surface area contributed by atoms with E-state index in [1.54, 1.807) is 4.90 Å². The van der Waals surface area contributed by atoms with Gasteiger partial charge in [-0.2, -0.15) is 0 Å². The predicted octanol–water partition coefficient (Wildman–Crippen LogP) is 3.73. The van der Waals surface area contributed by atoms with E-state index in [9.17, 15) is 9.59 Å². The van der Waals surface area contributed by atoms with Crippen LogP contribution >= 0.6 is 11.6 Å². The molecule has 2 amide bonds. The standard InChI is InChI=1S/C19H27ClN2O2/c1-5-19(6-2,15-7-9-16(20)10-8-15)21-18(24)14-11-17(23)22(12-14)13(3)4/h7-10,13-14H,5-6,11-12H2,1-4H3,(H,21,24). The molecule has 0 saturated carbocycles. The molecule has 1 aromatic carbocycles. The van der Waals surface area contributed by atoms with E-state index in [-0.39, 0.29) is 23.8 Å². The van der Waals surface area contributed by atoms with Crippen molar-refractivity contribution in [1.82, 2.24) is 10.2 Å². The van der Waals surface area contributed by atoms with E-state index < -0.39 is 5.54 Å². The quantitative estimate of drug-likeness (QED) is 0.849. The fourth-order valence-electron chi connectivity index (χ4n) is 3.42. The largest absolute Gasteiger partial charge is 0.346 e. The summed E-state index contributed by atoms with van der Waals surface area (Å²) in [5.74, 6) is -0.245. The van der Waals surface area contributed by atoms with Gasteiger partial charge in [-0.3, -0.25) is 9.59 Å². The Bertz CT molecular complexity index is 594. The van der Waals surface area contributed by atoms with Crippen LogP contribution in [0, 0.1) is 5.92 Å². The molecule has 1 N–H and O–H groups in total. The molecule has 2 rings (SSSR count). The highest BCUT2D eigenvalue weighted by atomic mass is 35.5. The molecule has 1 saturated heterocycles. The second-order valence-corrected chi connectivity index (χ2v) is 7.26. The predicted molar refractivity (Wildman–Crippen MR) is 96.8 cm³/mol. The van der Waals surface area contributed by atoms with Gasteiger partial charge < -0.3 is 10.2 Å². The van der Waals surface area contributed by atoms with Crippen LogP contribution in [0.5, 0.6) is 0 Å². The van der Waals surface area contributed by atoms with Crippen LogP contribution in [0.25, 0.3) is 0 Å². The summed E-state index contributed by atoms with van der Waals surface area (Å²) in [4.78, 5) is 26.7. The number of hydrogen-bond acceptors (Lipinski definition) is 2. The molecule has 132 valence electrons. The second-order valence-electron chi connectivity index (χ2n) is 6.83. The summed E-state index contributed by atoms with van der Waals surface area (Å²) in [7, 11) is 0. The summed E-state index contributed by atoms with van der Waals surface area (Å²) in [6, 6.07) is 7.77. The Labute approximate surface area is 149 Å². The Morgan fingerprint density at radius 3 is 2.33 bits per heavy atom. The van der Waals surface area contributed by atoms with Gasteiger partial charge in [-0.25, -0.2) is 0 Å². The van der Waals surface area contributed by atoms with Crippen LogP contribution in [-0.4, -0.2) is 29.3 Å². The SMILES string of the molecule is CCC(CC)(NC(=O)C1CC(=O)N(C(C)C)C1)c1ccc(Cl)cc1. The summed E-state index contributed by atoms with van der Waals surface area (Å²) in [6.45, 7) is 8.60. The molecular formula is C19H27ClN2O2. The Morgan fingerprint density at radius 1 is 1.29 bits per heavy atom. The summed E-state index contributed by atoms with van der Waals surface area (Å²) in [6.07, 6.45) is 1.87. The van der Waals surface area contributed by atoms with E-state index in [1.165, 1.54) is 0 Å². The topological polar surface area (TPSA) is 49.4 Å². The smallest absolute Gasteiger partial charge is 0.226 e. The van der Waals surface area contributed by atoms with E-state index >= 15 is 0 Å². The zero-order valence-electron chi connectivity index (χ0n) is 14.9. The lowest BCUT2D eigenvalue weighted by atomic mass is 9.84. The van der Waals surface area contributed by atoms with Gasteiger partial charge in [-0.15, -0.1) is 0 Å². The fourth-order valence-corrected chi connectivity index (χ4v) is 3.55. The molecule has 1 unspecified atom stereocenters. The zero-order valence-corrected chi connectivity index (χ0v) is 15.7. The van der Waals surface area contributed by atoms with Crippen LogP contribution in [0.1, 0.15) is 52.5 Å². The highest BCUT2D eigenvalue weighted by Crippen LogP contribution is 2.31. The number of likely N-dealkylation sites (tertiary alicyclic amines) is 1. The second kappa shape index (κ2) is 7.56. The van der Waals surface area contributed by atoms with Gasteiger partial charge in [0.1, 0.15) is 0 Å². The highest BCUT2D eigenvalue weighted by Gasteiger charge is 2.39. The van der Waals surface area contributed by atoms with Crippen LogP contribution in [0.15, 0.2) is 24.3 Å². The molecule has 1 fully saturated rings. The van der Waals surface area contributed by atoms with Crippen molar-refractivity contribution in [2.45, 2.75) is 58.5 Å². The van der Waals surface area contributed by atoms with Crippen LogP contribution in [0.3, 0.4) is 0 Å². The molecular weight excluding hydrogens is 324 g/mol. The van der Waals surface area contributed by atoms with Crippen molar-refractivity contribution in [2.75, 3.05) is 6.54 Å². The monoisotopic (exact) mass is 350 g/mol. The number of amides is 2. The molecule has 0 spiro atoms. The first-order chi connectivity index (χ1) is 11.3.